The number of likely N-dealkylation sites (N-methyl/N-ethyl adjacent to an activating group) is 1. The van der Waals surface area contributed by atoms with Gasteiger partial charge in [-0.2, -0.15) is 0 Å². The van der Waals surface area contributed by atoms with Gasteiger partial charge in [-0.1, -0.05) is 13.8 Å². The largest absolute Gasteiger partial charge is 0.444 e. The molecule has 3 aliphatic rings. The number of hydrogen-bond acceptors (Lipinski definition) is 6. The Labute approximate surface area is 189 Å². The van der Waals surface area contributed by atoms with Crippen molar-refractivity contribution in [1.82, 2.24) is 20.6 Å². The lowest BCUT2D eigenvalue weighted by Gasteiger charge is -2.33. The van der Waals surface area contributed by atoms with Gasteiger partial charge in [-0.15, -0.1) is 0 Å². The van der Waals surface area contributed by atoms with Crippen LogP contribution in [-0.2, 0) is 24.0 Å². The van der Waals surface area contributed by atoms with Gasteiger partial charge < -0.3 is 15.4 Å². The van der Waals surface area contributed by atoms with E-state index in [-0.39, 0.29) is 35.5 Å². The second-order valence-corrected chi connectivity index (χ2v) is 10.6. The molecule has 0 aromatic heterocycles. The van der Waals surface area contributed by atoms with Crippen LogP contribution < -0.4 is 10.6 Å². The van der Waals surface area contributed by atoms with Gasteiger partial charge in [0.2, 0.25) is 11.8 Å². The van der Waals surface area contributed by atoms with Crippen molar-refractivity contribution in [3.05, 3.63) is 0 Å². The number of hydrogen-bond donors (Lipinski definition) is 2. The molecule has 2 aliphatic heterocycles. The van der Waals surface area contributed by atoms with Gasteiger partial charge in [0.15, 0.2) is 0 Å². The van der Waals surface area contributed by atoms with Crippen LogP contribution in [-0.4, -0.2) is 78.7 Å². The molecule has 2 N–H and O–H groups in total. The Hall–Kier alpha value is -2.36. The summed E-state index contributed by atoms with van der Waals surface area (Å²) in [5.74, 6) is -1.17. The molecule has 3 fully saturated rings. The van der Waals surface area contributed by atoms with Gasteiger partial charge >= 0.3 is 6.09 Å². The summed E-state index contributed by atoms with van der Waals surface area (Å²) in [5, 5.41) is 6.62. The first-order valence-electron chi connectivity index (χ1n) is 11.2. The monoisotopic (exact) mass is 452 g/mol. The first-order valence-corrected chi connectivity index (χ1v) is 11.2. The zero-order valence-electron chi connectivity index (χ0n) is 20.1. The molecular weight excluding hydrogens is 416 g/mol. The van der Waals surface area contributed by atoms with Crippen LogP contribution >= 0.6 is 0 Å². The number of ether oxygens (including phenoxy) is 1. The van der Waals surface area contributed by atoms with Gasteiger partial charge in [0.1, 0.15) is 17.7 Å². The van der Waals surface area contributed by atoms with Gasteiger partial charge in [0.25, 0.3) is 5.91 Å². The van der Waals surface area contributed by atoms with E-state index in [4.69, 9.17) is 9.57 Å². The topological polar surface area (TPSA) is 117 Å². The van der Waals surface area contributed by atoms with E-state index in [9.17, 15) is 19.2 Å². The Bertz CT molecular complexity index is 792. The van der Waals surface area contributed by atoms with Crippen LogP contribution in [0.2, 0.25) is 0 Å². The predicted molar refractivity (Wildman–Crippen MR) is 115 cm³/mol. The van der Waals surface area contributed by atoms with E-state index in [2.05, 4.69) is 24.5 Å². The van der Waals surface area contributed by atoms with E-state index in [1.54, 1.807) is 20.8 Å². The summed E-state index contributed by atoms with van der Waals surface area (Å²) >= 11 is 0. The Morgan fingerprint density at radius 2 is 1.97 bits per heavy atom. The number of carbonyl (C=O) groups is 4. The minimum Gasteiger partial charge on any atom is -0.444 e. The molecule has 10 nitrogen and oxygen atoms in total. The molecule has 32 heavy (non-hydrogen) atoms. The van der Waals surface area contributed by atoms with Gasteiger partial charge in [-0.3, -0.25) is 24.1 Å². The number of nitrogens with one attached hydrogen (secondary N) is 2. The number of hydroxylamine groups is 2. The lowest BCUT2D eigenvalue weighted by atomic mass is 9.96. The van der Waals surface area contributed by atoms with Gasteiger partial charge in [0, 0.05) is 26.1 Å². The zero-order valence-corrected chi connectivity index (χ0v) is 20.1. The number of fused-ring (bicyclic) bond motifs is 1. The van der Waals surface area contributed by atoms with Crippen molar-refractivity contribution in [2.24, 2.45) is 23.2 Å². The maximum Gasteiger partial charge on any atom is 0.410 e. The minimum atomic E-state index is -0.942. The van der Waals surface area contributed by atoms with Crippen LogP contribution in [0, 0.1) is 23.2 Å². The van der Waals surface area contributed by atoms with Crippen molar-refractivity contribution in [3.8, 4) is 0 Å². The summed E-state index contributed by atoms with van der Waals surface area (Å²) in [7, 11) is 2.82. The Balaban J connectivity index is 1.79. The molecule has 0 bridgehead atoms. The Morgan fingerprint density at radius 1 is 1.31 bits per heavy atom. The van der Waals surface area contributed by atoms with Gasteiger partial charge in [0.05, 0.1) is 7.11 Å². The molecule has 0 unspecified atom stereocenters. The van der Waals surface area contributed by atoms with E-state index >= 15 is 0 Å². The quantitative estimate of drug-likeness (QED) is 0.579. The fourth-order valence-corrected chi connectivity index (χ4v) is 5.04. The second kappa shape index (κ2) is 8.53. The van der Waals surface area contributed by atoms with E-state index in [1.807, 2.05) is 0 Å². The molecule has 2 heterocycles. The number of nitrogens with zero attached hydrogens (tertiary/aromatic N) is 2. The van der Waals surface area contributed by atoms with Gasteiger partial charge in [-0.25, -0.2) is 9.86 Å². The average Bonchev–Trinajstić information content (AvgIpc) is 3.06. The fourth-order valence-electron chi connectivity index (χ4n) is 5.04. The highest BCUT2D eigenvalue weighted by Gasteiger charge is 2.69. The number of carbonyl (C=O) groups excluding carboxylic acids is 4. The molecular formula is C22H36N4O6. The molecule has 0 aromatic rings. The van der Waals surface area contributed by atoms with Crippen molar-refractivity contribution in [3.63, 3.8) is 0 Å². The zero-order chi connectivity index (χ0) is 24.0. The van der Waals surface area contributed by atoms with E-state index in [0.717, 1.165) is 5.06 Å². The molecule has 3 rings (SSSR count). The van der Waals surface area contributed by atoms with Gasteiger partial charge in [-0.05, 0) is 50.9 Å². The van der Waals surface area contributed by atoms with Crippen LogP contribution in [0.1, 0.15) is 47.5 Å². The number of likely N-dealkylation sites (tertiary alicyclic amines) is 1. The summed E-state index contributed by atoms with van der Waals surface area (Å²) in [5.41, 5.74) is -0.759. The molecule has 1 saturated carbocycles. The van der Waals surface area contributed by atoms with Crippen molar-refractivity contribution in [2.45, 2.75) is 65.1 Å². The van der Waals surface area contributed by atoms with Crippen LogP contribution in [0.15, 0.2) is 0 Å². The molecule has 0 spiro atoms. The highest BCUT2D eigenvalue weighted by atomic mass is 16.7. The molecule has 10 heteroatoms. The number of amides is 4. The van der Waals surface area contributed by atoms with Crippen molar-refractivity contribution in [2.75, 3.05) is 27.2 Å². The molecule has 4 amide bonds. The van der Waals surface area contributed by atoms with Crippen molar-refractivity contribution < 1.29 is 28.8 Å². The second-order valence-electron chi connectivity index (χ2n) is 10.6. The summed E-state index contributed by atoms with van der Waals surface area (Å²) in [6.07, 6.45) is 0.230. The van der Waals surface area contributed by atoms with Crippen LogP contribution in [0.25, 0.3) is 0 Å². The Kier molecular flexibility index (Phi) is 6.48. The lowest BCUT2D eigenvalue weighted by molar-refractivity contribution is -0.172. The third-order valence-electron chi connectivity index (χ3n) is 6.99. The molecule has 180 valence electrons. The summed E-state index contributed by atoms with van der Waals surface area (Å²) < 4.78 is 5.53. The van der Waals surface area contributed by atoms with Crippen molar-refractivity contribution >= 4 is 23.8 Å². The summed E-state index contributed by atoms with van der Waals surface area (Å²) in [6, 6.07) is -1.67. The first-order chi connectivity index (χ1) is 14.8. The van der Waals surface area contributed by atoms with E-state index in [0.29, 0.717) is 19.5 Å². The highest BCUT2D eigenvalue weighted by Crippen LogP contribution is 2.65. The smallest absolute Gasteiger partial charge is 0.410 e. The van der Waals surface area contributed by atoms with E-state index < -0.39 is 35.6 Å². The number of piperidine rings is 1. The standard InChI is InChI=1S/C22H36N4O6/c1-21(2,3)32-20(30)26-11-13-15(22(13,4)5)16(26)18(28)24-14(19(29)25(6)31-7)10-12-8-9-23-17(12)27/h12-16H,8-11H2,1-7H3,(H,23,27)(H,24,28)/t12-,13-,14-,15-,16-/m0/s1. The summed E-state index contributed by atoms with van der Waals surface area (Å²) in [6.45, 7) is 10.5. The maximum absolute atomic E-state index is 13.5. The third-order valence-corrected chi connectivity index (χ3v) is 6.99. The molecule has 0 radical (unpaired) electrons. The normalized spacial score (nSPS) is 29.1. The lowest BCUT2D eigenvalue weighted by Crippen LogP contribution is -2.56. The SMILES string of the molecule is CON(C)C(=O)[C@H](C[C@@H]1CCNC1=O)NC(=O)[C@@H]1[C@@H]2[C@H](CN1C(=O)OC(C)(C)C)C2(C)C. The first kappa shape index (κ1) is 24.3. The fraction of sp³-hybridized carbons (Fsp3) is 0.818. The predicted octanol–water partition coefficient (Wildman–Crippen LogP) is 0.909. The average molecular weight is 453 g/mol. The maximum atomic E-state index is 13.5. The molecule has 5 atom stereocenters. The third kappa shape index (κ3) is 4.69. The van der Waals surface area contributed by atoms with Crippen LogP contribution in [0.5, 0.6) is 0 Å². The van der Waals surface area contributed by atoms with E-state index in [1.165, 1.54) is 19.1 Å². The van der Waals surface area contributed by atoms with Crippen molar-refractivity contribution in [1.29, 1.82) is 0 Å². The molecule has 1 aliphatic carbocycles. The summed E-state index contributed by atoms with van der Waals surface area (Å²) in [4.78, 5) is 57.7. The van der Waals surface area contributed by atoms with Crippen LogP contribution in [0.3, 0.4) is 0 Å². The Morgan fingerprint density at radius 3 is 2.50 bits per heavy atom. The molecule has 0 aromatic carbocycles. The van der Waals surface area contributed by atoms with Crippen LogP contribution in [0.4, 0.5) is 4.79 Å². The minimum absolute atomic E-state index is 0.0132. The highest BCUT2D eigenvalue weighted by molar-refractivity contribution is 5.92. The molecule has 2 saturated heterocycles. The number of rotatable bonds is 6.